The smallest absolute Gasteiger partial charge is 0.325 e. The molecule has 1 aliphatic rings. The summed E-state index contributed by atoms with van der Waals surface area (Å²) in [5.74, 6) is -1.94. The second-order valence-electron chi connectivity index (χ2n) is 7.83. The fraction of sp³-hybridized carbons (Fsp3) is 0.304. The number of aliphatic carboxylic acids is 2. The van der Waals surface area contributed by atoms with E-state index >= 15 is 0 Å². The van der Waals surface area contributed by atoms with Crippen LogP contribution in [0.15, 0.2) is 42.7 Å². The summed E-state index contributed by atoms with van der Waals surface area (Å²) >= 11 is 0. The van der Waals surface area contributed by atoms with Crippen LogP contribution in [-0.2, 0) is 16.1 Å². The number of rotatable bonds is 7. The number of fused-ring (bicyclic) bond motifs is 1. The average Bonchev–Trinajstić information content (AvgIpc) is 3.15. The predicted molar refractivity (Wildman–Crippen MR) is 117 cm³/mol. The number of nitriles is 1. The number of aryl methyl sites for hydroxylation is 1. The molecule has 0 aliphatic carbocycles. The maximum Gasteiger partial charge on any atom is 0.325 e. The van der Waals surface area contributed by atoms with E-state index in [1.54, 1.807) is 29.1 Å². The molecule has 3 aromatic rings. The number of aromatic nitrogens is 2. The quantitative estimate of drug-likeness (QED) is 0.562. The van der Waals surface area contributed by atoms with Crippen LogP contribution in [0.2, 0.25) is 0 Å². The average molecular weight is 451 g/mol. The lowest BCUT2D eigenvalue weighted by Crippen LogP contribution is -2.49. The molecule has 1 fully saturated rings. The molecule has 0 bridgehead atoms. The number of piperazine rings is 1. The number of hydrogen-bond acceptors (Lipinski definition) is 6. The maximum atomic E-state index is 13.9. The Balaban J connectivity index is 1.63. The number of anilines is 1. The third-order valence-electron chi connectivity index (χ3n) is 5.86. The van der Waals surface area contributed by atoms with Crippen molar-refractivity contribution >= 4 is 28.7 Å². The van der Waals surface area contributed by atoms with Crippen LogP contribution in [0.1, 0.15) is 23.6 Å². The summed E-state index contributed by atoms with van der Waals surface area (Å²) in [4.78, 5) is 31.5. The predicted octanol–water partition coefficient (Wildman–Crippen LogP) is 2.47. The van der Waals surface area contributed by atoms with Gasteiger partial charge in [-0.1, -0.05) is 0 Å². The van der Waals surface area contributed by atoms with E-state index in [0.717, 1.165) is 0 Å². The van der Waals surface area contributed by atoms with Gasteiger partial charge in [0.15, 0.2) is 0 Å². The van der Waals surface area contributed by atoms with Crippen LogP contribution in [-0.4, -0.2) is 62.8 Å². The largest absolute Gasteiger partial charge is 0.481 e. The number of carboxylic acid groups (broad SMARTS) is 2. The minimum atomic E-state index is -1.04. The maximum absolute atomic E-state index is 13.9. The van der Waals surface area contributed by atoms with Gasteiger partial charge in [-0.05, 0) is 30.3 Å². The van der Waals surface area contributed by atoms with Crippen molar-refractivity contribution in [3.63, 3.8) is 0 Å². The minimum Gasteiger partial charge on any atom is -0.481 e. The fourth-order valence-electron chi connectivity index (χ4n) is 4.33. The number of halogens is 1. The first kappa shape index (κ1) is 22.2. The highest BCUT2D eigenvalue weighted by molar-refractivity contribution is 5.90. The zero-order valence-corrected chi connectivity index (χ0v) is 17.7. The van der Waals surface area contributed by atoms with Crippen LogP contribution < -0.4 is 4.90 Å². The van der Waals surface area contributed by atoms with Crippen molar-refractivity contribution in [1.82, 2.24) is 14.5 Å². The van der Waals surface area contributed by atoms with Gasteiger partial charge in [-0.25, -0.2) is 9.37 Å². The third kappa shape index (κ3) is 4.49. The van der Waals surface area contributed by atoms with Crippen LogP contribution in [0.5, 0.6) is 0 Å². The van der Waals surface area contributed by atoms with E-state index in [9.17, 15) is 24.3 Å². The fourth-order valence-corrected chi connectivity index (χ4v) is 4.33. The summed E-state index contributed by atoms with van der Waals surface area (Å²) in [6.45, 7) is 1.92. The van der Waals surface area contributed by atoms with Crippen molar-refractivity contribution in [2.24, 2.45) is 0 Å². The molecular formula is C23H22FN5O4. The molecule has 1 atom stereocenters. The molecule has 33 heavy (non-hydrogen) atoms. The Kier molecular flexibility index (Phi) is 6.24. The Bertz CT molecular complexity index is 1240. The van der Waals surface area contributed by atoms with Crippen LogP contribution >= 0.6 is 0 Å². The lowest BCUT2D eigenvalue weighted by molar-refractivity contribution is -0.143. The summed E-state index contributed by atoms with van der Waals surface area (Å²) in [6.07, 6.45) is 3.07. The Labute approximate surface area is 188 Å². The number of benzene rings is 1. The molecule has 0 amide bonds. The minimum absolute atomic E-state index is 0.103. The van der Waals surface area contributed by atoms with E-state index in [1.165, 1.54) is 18.2 Å². The van der Waals surface area contributed by atoms with Crippen molar-refractivity contribution in [3.05, 3.63) is 59.7 Å². The van der Waals surface area contributed by atoms with E-state index in [2.05, 4.69) is 11.1 Å². The molecule has 2 aromatic heterocycles. The molecule has 1 aromatic carbocycles. The summed E-state index contributed by atoms with van der Waals surface area (Å²) in [6, 6.07) is 8.64. The van der Waals surface area contributed by atoms with E-state index in [4.69, 9.17) is 5.11 Å². The topological polar surface area (TPSA) is 123 Å². The summed E-state index contributed by atoms with van der Waals surface area (Å²) in [5.41, 5.74) is 1.42. The molecule has 1 aliphatic heterocycles. The molecule has 0 spiro atoms. The molecule has 4 rings (SSSR count). The molecular weight excluding hydrogens is 429 g/mol. The van der Waals surface area contributed by atoms with Crippen LogP contribution in [0.4, 0.5) is 10.2 Å². The van der Waals surface area contributed by atoms with Gasteiger partial charge in [0.1, 0.15) is 23.7 Å². The van der Waals surface area contributed by atoms with Gasteiger partial charge in [-0.2, -0.15) is 5.26 Å². The standard InChI is InChI=1S/C23H22FN5O4/c24-16-3-4-17-18(14-29(19(17)12-16)7-5-20(30)31)21(23(32)33)27-8-10-28(11-9-27)22-15(13-25)2-1-6-26-22/h1-4,6,12,14,21H,5,7-11H2,(H,30,31)(H,32,33). The van der Waals surface area contributed by atoms with E-state index in [1.807, 2.05) is 9.80 Å². The number of hydrogen-bond donors (Lipinski definition) is 2. The molecule has 3 heterocycles. The molecule has 1 saturated heterocycles. The third-order valence-corrected chi connectivity index (χ3v) is 5.86. The Morgan fingerprint density at radius 2 is 1.94 bits per heavy atom. The van der Waals surface area contributed by atoms with Crippen LogP contribution in [0, 0.1) is 17.1 Å². The highest BCUT2D eigenvalue weighted by Crippen LogP contribution is 2.32. The van der Waals surface area contributed by atoms with E-state index in [-0.39, 0.29) is 13.0 Å². The molecule has 170 valence electrons. The Morgan fingerprint density at radius 3 is 2.61 bits per heavy atom. The summed E-state index contributed by atoms with van der Waals surface area (Å²) in [7, 11) is 0. The summed E-state index contributed by atoms with van der Waals surface area (Å²) < 4.78 is 15.5. The summed E-state index contributed by atoms with van der Waals surface area (Å²) in [5, 5.41) is 29.1. The van der Waals surface area contributed by atoms with Gasteiger partial charge in [0.25, 0.3) is 0 Å². The van der Waals surface area contributed by atoms with Crippen molar-refractivity contribution < 1.29 is 24.2 Å². The van der Waals surface area contributed by atoms with Crippen molar-refractivity contribution in [3.8, 4) is 6.07 Å². The Hall–Kier alpha value is -3.97. The molecule has 9 nitrogen and oxygen atoms in total. The van der Waals surface area contributed by atoms with Gasteiger partial charge in [-0.3, -0.25) is 14.5 Å². The van der Waals surface area contributed by atoms with Crippen LogP contribution in [0.3, 0.4) is 0 Å². The van der Waals surface area contributed by atoms with E-state index < -0.39 is 23.8 Å². The van der Waals surface area contributed by atoms with Crippen LogP contribution in [0.25, 0.3) is 10.9 Å². The van der Waals surface area contributed by atoms with Crippen molar-refractivity contribution in [2.75, 3.05) is 31.1 Å². The number of carbonyl (C=O) groups is 2. The van der Waals surface area contributed by atoms with E-state index in [0.29, 0.717) is 54.0 Å². The second-order valence-corrected chi connectivity index (χ2v) is 7.83. The van der Waals surface area contributed by atoms with Gasteiger partial charge < -0.3 is 19.7 Å². The first-order chi connectivity index (χ1) is 15.9. The normalized spacial score (nSPS) is 15.3. The molecule has 10 heteroatoms. The molecule has 0 radical (unpaired) electrons. The lowest BCUT2D eigenvalue weighted by Gasteiger charge is -2.38. The number of carboxylic acids is 2. The molecule has 0 saturated carbocycles. The Morgan fingerprint density at radius 1 is 1.18 bits per heavy atom. The first-order valence-corrected chi connectivity index (χ1v) is 10.5. The molecule has 2 N–H and O–H groups in total. The highest BCUT2D eigenvalue weighted by atomic mass is 19.1. The zero-order valence-electron chi connectivity index (χ0n) is 17.7. The van der Waals surface area contributed by atoms with Gasteiger partial charge in [-0.15, -0.1) is 0 Å². The van der Waals surface area contributed by atoms with Crippen molar-refractivity contribution in [2.45, 2.75) is 19.0 Å². The molecule has 1 unspecified atom stereocenters. The van der Waals surface area contributed by atoms with Gasteiger partial charge in [0, 0.05) is 56.1 Å². The first-order valence-electron chi connectivity index (χ1n) is 10.5. The zero-order chi connectivity index (χ0) is 23.5. The van der Waals surface area contributed by atoms with Gasteiger partial charge >= 0.3 is 11.9 Å². The SMILES string of the molecule is N#Cc1cccnc1N1CCN(C(C(=O)O)c2cn(CCC(=O)O)c3cc(F)ccc23)CC1. The van der Waals surface area contributed by atoms with Gasteiger partial charge in [0.2, 0.25) is 0 Å². The van der Waals surface area contributed by atoms with Crippen molar-refractivity contribution in [1.29, 1.82) is 5.26 Å². The monoisotopic (exact) mass is 451 g/mol. The second kappa shape index (κ2) is 9.26. The number of nitrogens with zero attached hydrogens (tertiary/aromatic N) is 5. The number of pyridine rings is 1. The highest BCUT2D eigenvalue weighted by Gasteiger charge is 2.33. The van der Waals surface area contributed by atoms with Gasteiger partial charge in [0.05, 0.1) is 17.5 Å². The lowest BCUT2D eigenvalue weighted by atomic mass is 10.0.